The van der Waals surface area contributed by atoms with E-state index >= 15 is 0 Å². The van der Waals surface area contributed by atoms with Crippen molar-refractivity contribution in [3.8, 4) is 73.6 Å². The Bertz CT molecular complexity index is 2370. The summed E-state index contributed by atoms with van der Waals surface area (Å²) >= 11 is 0. The largest absolute Gasteiger partial charge is 0.208 e. The summed E-state index contributed by atoms with van der Waals surface area (Å²) in [7, 11) is 0. The minimum atomic E-state index is 0.629. The van der Waals surface area contributed by atoms with Crippen molar-refractivity contribution in [2.24, 2.45) is 0 Å². The molecule has 0 aliphatic carbocycles. The predicted molar refractivity (Wildman–Crippen MR) is 195 cm³/mol. The van der Waals surface area contributed by atoms with Gasteiger partial charge in [-0.15, -0.1) is 0 Å². The summed E-state index contributed by atoms with van der Waals surface area (Å²) in [5, 5.41) is 11.8. The lowest BCUT2D eigenvalue weighted by Crippen LogP contribution is -2.00. The van der Waals surface area contributed by atoms with Crippen LogP contribution in [-0.4, -0.2) is 15.0 Å². The van der Waals surface area contributed by atoms with E-state index in [4.69, 9.17) is 15.0 Å². The van der Waals surface area contributed by atoms with Crippen molar-refractivity contribution in [3.05, 3.63) is 175 Å². The molecule has 224 valence electrons. The summed E-state index contributed by atoms with van der Waals surface area (Å²) in [6.45, 7) is 0. The lowest BCUT2D eigenvalue weighted by Gasteiger charge is -2.15. The molecule has 48 heavy (non-hydrogen) atoms. The summed E-state index contributed by atoms with van der Waals surface area (Å²) in [6, 6.07) is 60.1. The first kappa shape index (κ1) is 28.8. The highest BCUT2D eigenvalue weighted by Gasteiger charge is 2.15. The van der Waals surface area contributed by atoms with Crippen molar-refractivity contribution in [2.45, 2.75) is 0 Å². The van der Waals surface area contributed by atoms with Gasteiger partial charge in [-0.25, -0.2) is 15.0 Å². The van der Waals surface area contributed by atoms with E-state index in [0.717, 1.165) is 44.5 Å². The van der Waals surface area contributed by atoms with Gasteiger partial charge in [-0.05, 0) is 56.3 Å². The highest BCUT2D eigenvalue weighted by molar-refractivity contribution is 6.04. The number of benzene rings is 7. The van der Waals surface area contributed by atoms with E-state index in [1.54, 1.807) is 0 Å². The topological polar surface area (TPSA) is 62.5 Å². The molecule has 4 heteroatoms. The van der Waals surface area contributed by atoms with E-state index in [0.29, 0.717) is 23.0 Å². The molecule has 0 spiro atoms. The van der Waals surface area contributed by atoms with Crippen LogP contribution in [-0.2, 0) is 0 Å². The number of hydrogen-bond acceptors (Lipinski definition) is 4. The Morgan fingerprint density at radius 2 is 0.875 bits per heavy atom. The summed E-state index contributed by atoms with van der Waals surface area (Å²) in [5.74, 6) is 1.91. The molecule has 0 aliphatic heterocycles. The fourth-order valence-corrected chi connectivity index (χ4v) is 6.16. The standard InChI is InChI=1S/C44H28N4/c45-29-30-10-9-16-38(28-30)31-18-22-34(23-19-31)41-39-17-8-7-11-32(39)26-27-40(41)33-20-24-37(25-21-33)44-47-42(35-12-3-1-4-13-35)46-43(48-44)36-14-5-2-6-15-36/h1-28H. The van der Waals surface area contributed by atoms with Crippen molar-refractivity contribution in [2.75, 3.05) is 0 Å². The summed E-state index contributed by atoms with van der Waals surface area (Å²) in [5.41, 5.74) is 10.1. The van der Waals surface area contributed by atoms with Gasteiger partial charge in [0.1, 0.15) is 0 Å². The Labute approximate surface area is 279 Å². The molecule has 0 aliphatic rings. The minimum Gasteiger partial charge on any atom is -0.208 e. The number of nitriles is 1. The van der Waals surface area contributed by atoms with Crippen LogP contribution in [0.25, 0.3) is 78.3 Å². The third-order valence-electron chi connectivity index (χ3n) is 8.58. The van der Waals surface area contributed by atoms with Gasteiger partial charge < -0.3 is 0 Å². The van der Waals surface area contributed by atoms with Gasteiger partial charge in [-0.3, -0.25) is 0 Å². The highest BCUT2D eigenvalue weighted by atomic mass is 15.0. The zero-order valence-corrected chi connectivity index (χ0v) is 26.0. The van der Waals surface area contributed by atoms with Crippen molar-refractivity contribution in [3.63, 3.8) is 0 Å². The molecule has 0 bridgehead atoms. The van der Waals surface area contributed by atoms with E-state index in [1.165, 1.54) is 16.3 Å². The lowest BCUT2D eigenvalue weighted by molar-refractivity contribution is 1.07. The molecule has 8 aromatic rings. The Hall–Kier alpha value is -6.70. The molecule has 0 saturated heterocycles. The number of aromatic nitrogens is 3. The first-order chi connectivity index (χ1) is 23.7. The Morgan fingerprint density at radius 3 is 1.50 bits per heavy atom. The fourth-order valence-electron chi connectivity index (χ4n) is 6.16. The summed E-state index contributed by atoms with van der Waals surface area (Å²) in [4.78, 5) is 14.7. The lowest BCUT2D eigenvalue weighted by atomic mass is 9.89. The number of fused-ring (bicyclic) bond motifs is 1. The molecule has 1 aromatic heterocycles. The molecule has 7 aromatic carbocycles. The van der Waals surface area contributed by atoms with E-state index in [1.807, 2.05) is 84.9 Å². The molecule has 0 N–H and O–H groups in total. The van der Waals surface area contributed by atoms with Crippen LogP contribution in [0.3, 0.4) is 0 Å². The Balaban J connectivity index is 1.21. The zero-order valence-electron chi connectivity index (χ0n) is 26.0. The molecular formula is C44H28N4. The maximum Gasteiger partial charge on any atom is 0.164 e. The normalized spacial score (nSPS) is 10.9. The third-order valence-corrected chi connectivity index (χ3v) is 8.58. The molecule has 0 unspecified atom stereocenters. The van der Waals surface area contributed by atoms with Crippen LogP contribution < -0.4 is 0 Å². The number of rotatable bonds is 6. The second kappa shape index (κ2) is 12.6. The van der Waals surface area contributed by atoms with Crippen molar-refractivity contribution in [1.82, 2.24) is 15.0 Å². The SMILES string of the molecule is N#Cc1cccc(-c2ccc(-c3c(-c4ccc(-c5nc(-c6ccccc6)nc(-c6ccccc6)n5)cc4)ccc4ccccc34)cc2)c1. The smallest absolute Gasteiger partial charge is 0.164 e. The summed E-state index contributed by atoms with van der Waals surface area (Å²) in [6.07, 6.45) is 0. The minimum absolute atomic E-state index is 0.629. The molecule has 1 heterocycles. The Kier molecular flexibility index (Phi) is 7.54. The molecule has 0 amide bonds. The molecule has 8 rings (SSSR count). The molecule has 0 fully saturated rings. The van der Waals surface area contributed by atoms with Crippen molar-refractivity contribution >= 4 is 10.8 Å². The molecule has 0 saturated carbocycles. The van der Waals surface area contributed by atoms with Crippen molar-refractivity contribution < 1.29 is 0 Å². The van der Waals surface area contributed by atoms with Gasteiger partial charge in [0.15, 0.2) is 17.5 Å². The van der Waals surface area contributed by atoms with E-state index in [-0.39, 0.29) is 0 Å². The Morgan fingerprint density at radius 1 is 0.375 bits per heavy atom. The molecular weight excluding hydrogens is 585 g/mol. The van der Waals surface area contributed by atoms with Crippen LogP contribution >= 0.6 is 0 Å². The third kappa shape index (κ3) is 5.62. The van der Waals surface area contributed by atoms with Gasteiger partial charge in [0, 0.05) is 16.7 Å². The number of nitrogens with zero attached hydrogens (tertiary/aromatic N) is 4. The molecule has 4 nitrogen and oxygen atoms in total. The average molecular weight is 613 g/mol. The van der Waals surface area contributed by atoms with Gasteiger partial charge in [0.25, 0.3) is 0 Å². The predicted octanol–water partition coefficient (Wildman–Crippen LogP) is 10.9. The molecule has 0 radical (unpaired) electrons. The van der Waals surface area contributed by atoms with Gasteiger partial charge in [0.2, 0.25) is 0 Å². The van der Waals surface area contributed by atoms with Gasteiger partial charge in [-0.1, -0.05) is 158 Å². The maximum absolute atomic E-state index is 9.38. The summed E-state index contributed by atoms with van der Waals surface area (Å²) < 4.78 is 0. The fraction of sp³-hybridized carbons (Fsp3) is 0. The van der Waals surface area contributed by atoms with Crippen molar-refractivity contribution in [1.29, 1.82) is 5.26 Å². The van der Waals surface area contributed by atoms with Crippen LogP contribution in [0.15, 0.2) is 170 Å². The zero-order chi connectivity index (χ0) is 32.3. The number of hydrogen-bond donors (Lipinski definition) is 0. The second-order valence-corrected chi connectivity index (χ2v) is 11.6. The van der Waals surface area contributed by atoms with Gasteiger partial charge >= 0.3 is 0 Å². The van der Waals surface area contributed by atoms with Crippen LogP contribution in [0.4, 0.5) is 0 Å². The van der Waals surface area contributed by atoms with E-state index < -0.39 is 0 Å². The van der Waals surface area contributed by atoms with Crippen LogP contribution in [0, 0.1) is 11.3 Å². The first-order valence-corrected chi connectivity index (χ1v) is 15.8. The quantitative estimate of drug-likeness (QED) is 0.187. The van der Waals surface area contributed by atoms with Crippen LogP contribution in [0.1, 0.15) is 5.56 Å². The molecule has 0 atom stereocenters. The first-order valence-electron chi connectivity index (χ1n) is 15.8. The van der Waals surface area contributed by atoms with E-state index in [2.05, 4.69) is 91.0 Å². The van der Waals surface area contributed by atoms with Gasteiger partial charge in [-0.2, -0.15) is 5.26 Å². The highest BCUT2D eigenvalue weighted by Crippen LogP contribution is 2.39. The monoisotopic (exact) mass is 612 g/mol. The second-order valence-electron chi connectivity index (χ2n) is 11.6. The average Bonchev–Trinajstić information content (AvgIpc) is 3.18. The van der Waals surface area contributed by atoms with E-state index in [9.17, 15) is 5.26 Å². The maximum atomic E-state index is 9.38. The van der Waals surface area contributed by atoms with Gasteiger partial charge in [0.05, 0.1) is 11.6 Å². The van der Waals surface area contributed by atoms with Crippen LogP contribution in [0.5, 0.6) is 0 Å². The van der Waals surface area contributed by atoms with Crippen LogP contribution in [0.2, 0.25) is 0 Å².